The topological polar surface area (TPSA) is 61.4 Å². The number of nitrogens with zero attached hydrogens (tertiary/aromatic N) is 1. The van der Waals surface area contributed by atoms with E-state index in [0.29, 0.717) is 22.9 Å². The number of benzene rings is 1. The lowest BCUT2D eigenvalue weighted by Crippen LogP contribution is -2.45. The standard InChI is InChI=1S/C21H18F3N3O2S2.ClH/c22-21(23,24)14-2-3-17-16(10-14)26-20(29)18(31-17)11-15-9-13(12-30-15)1-4-19(28)27-7-5-25-6-8-27;/h1-4,9-12,25H,5-8H2,(H,26,29);1H/b4-1+,18-11+;. The average Bonchev–Trinajstić information content (AvgIpc) is 3.19. The number of rotatable bonds is 3. The number of amides is 2. The first-order chi connectivity index (χ1) is 14.8. The summed E-state index contributed by atoms with van der Waals surface area (Å²) in [6.07, 6.45) is 0.514. The fourth-order valence-corrected chi connectivity index (χ4v) is 4.96. The maximum Gasteiger partial charge on any atom is 0.416 e. The molecule has 1 aromatic carbocycles. The predicted molar refractivity (Wildman–Crippen MR) is 124 cm³/mol. The number of nitrogens with one attached hydrogen (secondary N) is 2. The average molecular weight is 502 g/mol. The van der Waals surface area contributed by atoms with Gasteiger partial charge in [0.25, 0.3) is 5.91 Å². The Bertz CT molecular complexity index is 1080. The summed E-state index contributed by atoms with van der Waals surface area (Å²) in [4.78, 5) is 28.1. The highest BCUT2D eigenvalue weighted by atomic mass is 35.5. The zero-order chi connectivity index (χ0) is 22.0. The molecule has 170 valence electrons. The van der Waals surface area contributed by atoms with Crippen LogP contribution in [0.5, 0.6) is 0 Å². The molecule has 4 rings (SSSR count). The third kappa shape index (κ3) is 5.74. The van der Waals surface area contributed by atoms with Gasteiger partial charge in [-0.1, -0.05) is 11.8 Å². The number of thioether (sulfide) groups is 1. The number of anilines is 1. The number of halogens is 4. The molecule has 32 heavy (non-hydrogen) atoms. The van der Waals surface area contributed by atoms with E-state index in [1.807, 2.05) is 11.4 Å². The SMILES string of the molecule is Cl.O=C1Nc2cc(C(F)(F)F)ccc2S/C1=C/c1cc(/C=C/C(=O)N2CCNCC2)cs1. The number of thiophene rings is 1. The highest BCUT2D eigenvalue weighted by Crippen LogP contribution is 2.42. The van der Waals surface area contributed by atoms with Gasteiger partial charge in [0.05, 0.1) is 16.2 Å². The number of carbonyl (C=O) groups is 2. The van der Waals surface area contributed by atoms with Crippen molar-refractivity contribution < 1.29 is 22.8 Å². The van der Waals surface area contributed by atoms with Crippen LogP contribution in [0.15, 0.2) is 45.5 Å². The van der Waals surface area contributed by atoms with Gasteiger partial charge >= 0.3 is 6.18 Å². The Balaban J connectivity index is 0.00000289. The number of carbonyl (C=O) groups excluding carboxylic acids is 2. The van der Waals surface area contributed by atoms with E-state index in [0.717, 1.165) is 47.4 Å². The molecular formula is C21H19ClF3N3O2S2. The molecule has 2 aliphatic heterocycles. The Morgan fingerprint density at radius 2 is 1.91 bits per heavy atom. The summed E-state index contributed by atoms with van der Waals surface area (Å²) in [6, 6.07) is 5.17. The maximum atomic E-state index is 12.9. The molecule has 0 aliphatic carbocycles. The highest BCUT2D eigenvalue weighted by Gasteiger charge is 2.32. The summed E-state index contributed by atoms with van der Waals surface area (Å²) in [5.74, 6) is -0.485. The molecule has 2 N–H and O–H groups in total. The van der Waals surface area contributed by atoms with Crippen molar-refractivity contribution in [2.75, 3.05) is 31.5 Å². The fraction of sp³-hybridized carbons (Fsp3) is 0.238. The van der Waals surface area contributed by atoms with Gasteiger partial charge in [-0.15, -0.1) is 23.7 Å². The summed E-state index contributed by atoms with van der Waals surface area (Å²) in [5.41, 5.74) is 0.199. The molecule has 2 aliphatic rings. The Morgan fingerprint density at radius 1 is 1.16 bits per heavy atom. The Kier molecular flexibility index (Phi) is 7.71. The summed E-state index contributed by atoms with van der Waals surface area (Å²) in [5, 5.41) is 7.61. The quantitative estimate of drug-likeness (QED) is 0.597. The zero-order valence-corrected chi connectivity index (χ0v) is 19.0. The lowest BCUT2D eigenvalue weighted by molar-refractivity contribution is -0.137. The van der Waals surface area contributed by atoms with Gasteiger partial charge in [-0.05, 0) is 47.4 Å². The van der Waals surface area contributed by atoms with Gasteiger partial charge in [-0.3, -0.25) is 9.59 Å². The smallest absolute Gasteiger partial charge is 0.337 e. The summed E-state index contributed by atoms with van der Waals surface area (Å²) >= 11 is 2.54. The minimum atomic E-state index is -4.46. The van der Waals surface area contributed by atoms with Crippen LogP contribution in [-0.4, -0.2) is 42.9 Å². The van der Waals surface area contributed by atoms with Gasteiger partial charge in [0.2, 0.25) is 5.91 Å². The van der Waals surface area contributed by atoms with Crippen molar-refractivity contribution in [3.63, 3.8) is 0 Å². The monoisotopic (exact) mass is 501 g/mol. The normalized spacial score (nSPS) is 17.8. The van der Waals surface area contributed by atoms with Gasteiger partial charge in [-0.2, -0.15) is 13.2 Å². The van der Waals surface area contributed by atoms with E-state index in [-0.39, 0.29) is 24.0 Å². The predicted octanol–water partition coefficient (Wildman–Crippen LogP) is 4.72. The second-order valence-corrected chi connectivity index (χ2v) is 8.99. The van der Waals surface area contributed by atoms with Gasteiger partial charge in [0.15, 0.2) is 0 Å². The molecule has 3 heterocycles. The third-order valence-corrected chi connectivity index (χ3v) is 6.76. The lowest BCUT2D eigenvalue weighted by atomic mass is 10.2. The van der Waals surface area contributed by atoms with Crippen LogP contribution in [0.3, 0.4) is 0 Å². The molecule has 0 bridgehead atoms. The minimum Gasteiger partial charge on any atom is -0.337 e. The van der Waals surface area contributed by atoms with Crippen LogP contribution in [0, 0.1) is 0 Å². The summed E-state index contributed by atoms with van der Waals surface area (Å²) in [7, 11) is 0. The van der Waals surface area contributed by atoms with Crippen molar-refractivity contribution in [1.29, 1.82) is 0 Å². The summed E-state index contributed by atoms with van der Waals surface area (Å²) < 4.78 is 38.6. The molecule has 0 unspecified atom stereocenters. The first-order valence-electron chi connectivity index (χ1n) is 9.48. The largest absolute Gasteiger partial charge is 0.416 e. The molecule has 2 aromatic rings. The molecule has 5 nitrogen and oxygen atoms in total. The Hall–Kier alpha value is -2.27. The van der Waals surface area contributed by atoms with Crippen molar-refractivity contribution in [3.05, 3.63) is 56.6 Å². The molecule has 0 saturated carbocycles. The van der Waals surface area contributed by atoms with Crippen molar-refractivity contribution >= 4 is 65.2 Å². The van der Waals surface area contributed by atoms with Crippen LogP contribution in [0.1, 0.15) is 16.0 Å². The second-order valence-electron chi connectivity index (χ2n) is 6.96. The van der Waals surface area contributed by atoms with E-state index in [1.165, 1.54) is 17.4 Å². The summed E-state index contributed by atoms with van der Waals surface area (Å²) in [6.45, 7) is 2.94. The molecule has 0 radical (unpaired) electrons. The van der Waals surface area contributed by atoms with Crippen LogP contribution in [0.2, 0.25) is 0 Å². The van der Waals surface area contributed by atoms with Crippen molar-refractivity contribution in [2.45, 2.75) is 11.1 Å². The Labute approximate surface area is 197 Å². The van der Waals surface area contributed by atoms with E-state index in [2.05, 4.69) is 10.6 Å². The van der Waals surface area contributed by atoms with Gasteiger partial charge in [-0.25, -0.2) is 0 Å². The van der Waals surface area contributed by atoms with Crippen LogP contribution in [0.4, 0.5) is 18.9 Å². The van der Waals surface area contributed by atoms with E-state index in [1.54, 1.807) is 23.1 Å². The zero-order valence-electron chi connectivity index (χ0n) is 16.6. The maximum absolute atomic E-state index is 12.9. The van der Waals surface area contributed by atoms with Crippen LogP contribution in [-0.2, 0) is 15.8 Å². The molecular weight excluding hydrogens is 483 g/mol. The number of alkyl halides is 3. The highest BCUT2D eigenvalue weighted by molar-refractivity contribution is 8.04. The first-order valence-corrected chi connectivity index (χ1v) is 11.2. The van der Waals surface area contributed by atoms with Crippen LogP contribution < -0.4 is 10.6 Å². The first kappa shape index (κ1) is 24.4. The van der Waals surface area contributed by atoms with Crippen molar-refractivity contribution in [1.82, 2.24) is 10.2 Å². The molecule has 1 aromatic heterocycles. The molecule has 1 saturated heterocycles. The molecule has 2 amide bonds. The third-order valence-electron chi connectivity index (χ3n) is 4.76. The van der Waals surface area contributed by atoms with E-state index in [9.17, 15) is 22.8 Å². The fourth-order valence-electron chi connectivity index (χ4n) is 3.16. The number of hydrogen-bond donors (Lipinski definition) is 2. The van der Waals surface area contributed by atoms with Gasteiger partial charge < -0.3 is 15.5 Å². The van der Waals surface area contributed by atoms with E-state index < -0.39 is 17.6 Å². The molecule has 1 fully saturated rings. The Morgan fingerprint density at radius 3 is 2.62 bits per heavy atom. The number of piperazine rings is 1. The lowest BCUT2D eigenvalue weighted by Gasteiger charge is -2.26. The molecule has 0 atom stereocenters. The van der Waals surface area contributed by atoms with Crippen molar-refractivity contribution in [2.24, 2.45) is 0 Å². The number of fused-ring (bicyclic) bond motifs is 1. The second kappa shape index (κ2) is 10.1. The van der Waals surface area contributed by atoms with E-state index >= 15 is 0 Å². The van der Waals surface area contributed by atoms with Gasteiger partial charge in [0.1, 0.15) is 0 Å². The van der Waals surface area contributed by atoms with E-state index in [4.69, 9.17) is 0 Å². The van der Waals surface area contributed by atoms with Crippen LogP contribution >= 0.6 is 35.5 Å². The molecule has 11 heteroatoms. The van der Waals surface area contributed by atoms with Crippen LogP contribution in [0.25, 0.3) is 12.2 Å². The molecule has 0 spiro atoms. The van der Waals surface area contributed by atoms with Crippen molar-refractivity contribution in [3.8, 4) is 0 Å². The number of hydrogen-bond acceptors (Lipinski definition) is 5. The van der Waals surface area contributed by atoms with Gasteiger partial charge in [0, 0.05) is 42.0 Å². The minimum absolute atomic E-state index is 0.